The lowest BCUT2D eigenvalue weighted by atomic mass is 9.83. The zero-order valence-corrected chi connectivity index (χ0v) is 14.9. The van der Waals surface area contributed by atoms with Crippen LogP contribution in [0.25, 0.3) is 0 Å². The van der Waals surface area contributed by atoms with Crippen LogP contribution in [0, 0.1) is 5.41 Å². The molecule has 2 rings (SSSR count). The summed E-state index contributed by atoms with van der Waals surface area (Å²) in [5, 5.41) is 11.5. The van der Waals surface area contributed by atoms with E-state index in [9.17, 15) is 14.4 Å². The van der Waals surface area contributed by atoms with Crippen molar-refractivity contribution in [3.05, 3.63) is 35.9 Å². The summed E-state index contributed by atoms with van der Waals surface area (Å²) in [7, 11) is 0. The van der Waals surface area contributed by atoms with Gasteiger partial charge in [-0.25, -0.2) is 4.79 Å². The third kappa shape index (κ3) is 4.60. The Morgan fingerprint density at radius 2 is 1.81 bits per heavy atom. The summed E-state index contributed by atoms with van der Waals surface area (Å²) in [6.45, 7) is 0.375. The molecular weight excluding hydrogens is 334 g/mol. The minimum absolute atomic E-state index is 0.0521. The molecule has 1 aliphatic carbocycles. The van der Waals surface area contributed by atoms with E-state index < -0.39 is 23.3 Å². The molecule has 0 atom stereocenters. The predicted molar refractivity (Wildman–Crippen MR) is 97.1 cm³/mol. The van der Waals surface area contributed by atoms with Gasteiger partial charge in [-0.15, -0.1) is 0 Å². The molecule has 0 aromatic heterocycles. The normalized spacial score (nSPS) is 15.4. The number of carbonyl (C=O) groups excluding carboxylic acids is 3. The van der Waals surface area contributed by atoms with Crippen molar-refractivity contribution in [3.8, 4) is 0 Å². The van der Waals surface area contributed by atoms with Crippen molar-refractivity contribution in [3.63, 3.8) is 0 Å². The molecular formula is C19H27N3O4. The molecule has 7 nitrogen and oxygen atoms in total. The average Bonchev–Trinajstić information content (AvgIpc) is 3.14. The van der Waals surface area contributed by atoms with Crippen LogP contribution in [-0.4, -0.2) is 47.5 Å². The Kier molecular flexibility index (Phi) is 7.15. The van der Waals surface area contributed by atoms with Gasteiger partial charge in [-0.2, -0.15) is 0 Å². The Morgan fingerprint density at radius 1 is 1.15 bits per heavy atom. The van der Waals surface area contributed by atoms with Gasteiger partial charge in [-0.3, -0.25) is 14.5 Å². The second-order valence-electron chi connectivity index (χ2n) is 6.65. The minimum Gasteiger partial charge on any atom is -0.396 e. The van der Waals surface area contributed by atoms with Gasteiger partial charge in [0.2, 0.25) is 11.8 Å². The molecule has 0 heterocycles. The summed E-state index contributed by atoms with van der Waals surface area (Å²) in [6, 6.07) is 8.98. The number of aliphatic hydroxyl groups is 1. The summed E-state index contributed by atoms with van der Waals surface area (Å²) in [5.41, 5.74) is 5.26. The van der Waals surface area contributed by atoms with Gasteiger partial charge in [0.15, 0.2) is 0 Å². The molecule has 1 saturated carbocycles. The summed E-state index contributed by atoms with van der Waals surface area (Å²) in [6.07, 6.45) is 3.14. The maximum Gasteiger partial charge on any atom is 0.324 e. The van der Waals surface area contributed by atoms with E-state index in [-0.39, 0.29) is 19.7 Å². The van der Waals surface area contributed by atoms with Gasteiger partial charge < -0.3 is 16.2 Å². The van der Waals surface area contributed by atoms with Gasteiger partial charge >= 0.3 is 6.03 Å². The fourth-order valence-electron chi connectivity index (χ4n) is 3.35. The minimum atomic E-state index is -1.29. The maximum atomic E-state index is 13.1. The zero-order valence-electron chi connectivity index (χ0n) is 14.9. The lowest BCUT2D eigenvalue weighted by Crippen LogP contribution is -2.54. The standard InChI is InChI=1S/C19H27N3O4/c20-16(24)19(10-4-5-11-19)17(25)22(18(26)21-12-6-14-23)13-9-15-7-2-1-3-8-15/h1-3,7-8,23H,4-6,9-14H2,(H2,20,24)(H,21,26). The third-order valence-electron chi connectivity index (χ3n) is 4.91. The number of benzene rings is 1. The first-order valence-corrected chi connectivity index (χ1v) is 9.06. The van der Waals surface area contributed by atoms with Crippen molar-refractivity contribution in [1.29, 1.82) is 0 Å². The van der Waals surface area contributed by atoms with E-state index in [4.69, 9.17) is 10.8 Å². The second-order valence-corrected chi connectivity index (χ2v) is 6.65. The number of carbonyl (C=O) groups is 3. The Balaban J connectivity index is 2.16. The molecule has 0 saturated heterocycles. The highest BCUT2D eigenvalue weighted by atomic mass is 16.3. The molecule has 4 amide bonds. The lowest BCUT2D eigenvalue weighted by Gasteiger charge is -2.31. The summed E-state index contributed by atoms with van der Waals surface area (Å²) >= 11 is 0. The van der Waals surface area contributed by atoms with Crippen LogP contribution in [-0.2, 0) is 16.0 Å². The summed E-state index contributed by atoms with van der Waals surface area (Å²) < 4.78 is 0. The first kappa shape index (κ1) is 19.9. The predicted octanol–water partition coefficient (Wildman–Crippen LogP) is 1.20. The van der Waals surface area contributed by atoms with Crippen molar-refractivity contribution in [2.75, 3.05) is 19.7 Å². The van der Waals surface area contributed by atoms with E-state index in [2.05, 4.69) is 5.32 Å². The van der Waals surface area contributed by atoms with Gasteiger partial charge in [0.05, 0.1) is 0 Å². The number of nitrogens with one attached hydrogen (secondary N) is 1. The Labute approximate surface area is 153 Å². The van der Waals surface area contributed by atoms with Crippen LogP contribution < -0.4 is 11.1 Å². The molecule has 0 bridgehead atoms. The van der Waals surface area contributed by atoms with Crippen LogP contribution in [0.4, 0.5) is 4.79 Å². The van der Waals surface area contributed by atoms with E-state index >= 15 is 0 Å². The van der Waals surface area contributed by atoms with Crippen molar-refractivity contribution >= 4 is 17.8 Å². The van der Waals surface area contributed by atoms with Gasteiger partial charge in [0.1, 0.15) is 5.41 Å². The van der Waals surface area contributed by atoms with Crippen LogP contribution in [0.3, 0.4) is 0 Å². The van der Waals surface area contributed by atoms with Crippen molar-refractivity contribution in [2.45, 2.75) is 38.5 Å². The van der Waals surface area contributed by atoms with Gasteiger partial charge in [-0.1, -0.05) is 43.2 Å². The highest BCUT2D eigenvalue weighted by molar-refractivity contribution is 6.09. The molecule has 142 valence electrons. The highest BCUT2D eigenvalue weighted by Gasteiger charge is 2.49. The number of nitrogens with two attached hydrogens (primary N) is 1. The van der Waals surface area contributed by atoms with Crippen molar-refractivity contribution in [1.82, 2.24) is 10.2 Å². The number of amides is 4. The fraction of sp³-hybridized carbons (Fsp3) is 0.526. The van der Waals surface area contributed by atoms with E-state index in [0.717, 1.165) is 23.3 Å². The monoisotopic (exact) mass is 361 g/mol. The molecule has 0 spiro atoms. The van der Waals surface area contributed by atoms with Crippen LogP contribution in [0.15, 0.2) is 30.3 Å². The Hall–Kier alpha value is -2.41. The number of rotatable bonds is 8. The molecule has 1 aromatic carbocycles. The van der Waals surface area contributed by atoms with Crippen LogP contribution >= 0.6 is 0 Å². The molecule has 1 aliphatic rings. The number of hydrogen-bond donors (Lipinski definition) is 3. The summed E-state index contributed by atoms with van der Waals surface area (Å²) in [4.78, 5) is 38.8. The molecule has 4 N–H and O–H groups in total. The number of hydrogen-bond acceptors (Lipinski definition) is 4. The van der Waals surface area contributed by atoms with E-state index in [1.165, 1.54) is 0 Å². The topological polar surface area (TPSA) is 113 Å². The largest absolute Gasteiger partial charge is 0.396 e. The number of nitrogens with zero attached hydrogens (tertiary/aromatic N) is 1. The first-order chi connectivity index (χ1) is 12.5. The van der Waals surface area contributed by atoms with E-state index in [1.807, 2.05) is 30.3 Å². The molecule has 1 aromatic rings. The van der Waals surface area contributed by atoms with E-state index in [1.54, 1.807) is 0 Å². The van der Waals surface area contributed by atoms with Gasteiger partial charge in [0.25, 0.3) is 0 Å². The van der Waals surface area contributed by atoms with Crippen LogP contribution in [0.5, 0.6) is 0 Å². The highest BCUT2D eigenvalue weighted by Crippen LogP contribution is 2.39. The van der Waals surface area contributed by atoms with Crippen molar-refractivity contribution in [2.24, 2.45) is 11.1 Å². The van der Waals surface area contributed by atoms with Crippen LogP contribution in [0.1, 0.15) is 37.7 Å². The summed E-state index contributed by atoms with van der Waals surface area (Å²) in [5.74, 6) is -1.17. The Bertz CT molecular complexity index is 627. The number of aliphatic hydroxyl groups excluding tert-OH is 1. The smallest absolute Gasteiger partial charge is 0.324 e. The van der Waals surface area contributed by atoms with Crippen molar-refractivity contribution < 1.29 is 19.5 Å². The SMILES string of the molecule is NC(=O)C1(C(=O)N(CCc2ccccc2)C(=O)NCCCO)CCCC1. The first-order valence-electron chi connectivity index (χ1n) is 9.06. The lowest BCUT2D eigenvalue weighted by molar-refractivity contribution is -0.146. The quantitative estimate of drug-likeness (QED) is 0.477. The van der Waals surface area contributed by atoms with Gasteiger partial charge in [0, 0.05) is 19.7 Å². The zero-order chi connectivity index (χ0) is 19.0. The molecule has 0 radical (unpaired) electrons. The molecule has 0 aliphatic heterocycles. The number of primary amides is 1. The molecule has 1 fully saturated rings. The maximum absolute atomic E-state index is 13.1. The number of imide groups is 1. The third-order valence-corrected chi connectivity index (χ3v) is 4.91. The fourth-order valence-corrected chi connectivity index (χ4v) is 3.35. The molecule has 26 heavy (non-hydrogen) atoms. The Morgan fingerprint density at radius 3 is 2.38 bits per heavy atom. The van der Waals surface area contributed by atoms with Crippen LogP contribution in [0.2, 0.25) is 0 Å². The second kappa shape index (κ2) is 9.33. The molecule has 7 heteroatoms. The average molecular weight is 361 g/mol. The van der Waals surface area contributed by atoms with Gasteiger partial charge in [-0.05, 0) is 31.2 Å². The number of urea groups is 1. The van der Waals surface area contributed by atoms with E-state index in [0.29, 0.717) is 25.7 Å². The molecule has 0 unspecified atom stereocenters.